The van der Waals surface area contributed by atoms with Crippen molar-refractivity contribution >= 4 is 5.97 Å². The summed E-state index contributed by atoms with van der Waals surface area (Å²) in [5, 5.41) is 8.60. The van der Waals surface area contributed by atoms with Gasteiger partial charge in [-0.25, -0.2) is 0 Å². The average Bonchev–Trinajstić information content (AvgIpc) is 2.04. The van der Waals surface area contributed by atoms with Gasteiger partial charge >= 0.3 is 5.97 Å². The molecule has 0 saturated carbocycles. The maximum atomic E-state index is 10.4. The van der Waals surface area contributed by atoms with E-state index in [0.717, 1.165) is 25.9 Å². The molecule has 0 aliphatic carbocycles. The first-order valence-corrected chi connectivity index (χ1v) is 4.78. The summed E-state index contributed by atoms with van der Waals surface area (Å²) in [7, 11) is 0. The Balaban J connectivity index is 2.28. The van der Waals surface area contributed by atoms with Crippen molar-refractivity contribution in [3.63, 3.8) is 0 Å². The summed E-state index contributed by atoms with van der Waals surface area (Å²) in [6, 6.07) is 0. The van der Waals surface area contributed by atoms with Crippen LogP contribution in [0.2, 0.25) is 0 Å². The summed E-state index contributed by atoms with van der Waals surface area (Å²) in [4.78, 5) is 12.4. The second-order valence-corrected chi connectivity index (χ2v) is 3.35. The van der Waals surface area contributed by atoms with Crippen molar-refractivity contribution in [1.29, 1.82) is 0 Å². The summed E-state index contributed by atoms with van der Waals surface area (Å²) in [5.74, 6) is -0.753. The monoisotopic (exact) mass is 187 g/mol. The van der Waals surface area contributed by atoms with E-state index in [1.807, 2.05) is 11.8 Å². The third-order valence-corrected chi connectivity index (χ3v) is 2.22. The first-order valence-electron chi connectivity index (χ1n) is 4.78. The first kappa shape index (κ1) is 10.5. The van der Waals surface area contributed by atoms with Crippen LogP contribution in [0.25, 0.3) is 0 Å². The van der Waals surface area contributed by atoms with E-state index in [-0.39, 0.29) is 12.6 Å². The highest BCUT2D eigenvalue weighted by atomic mass is 16.5. The maximum Gasteiger partial charge on any atom is 0.317 e. The second kappa shape index (κ2) is 5.19. The summed E-state index contributed by atoms with van der Waals surface area (Å²) in [5.41, 5.74) is 0. The lowest BCUT2D eigenvalue weighted by molar-refractivity contribution is -0.139. The molecule has 1 heterocycles. The molecule has 0 aromatic carbocycles. The summed E-state index contributed by atoms with van der Waals surface area (Å²) in [6.45, 7) is 4.47. The summed E-state index contributed by atoms with van der Waals surface area (Å²) < 4.78 is 5.46. The Hall–Kier alpha value is -0.610. The summed E-state index contributed by atoms with van der Waals surface area (Å²) in [6.07, 6.45) is 2.33. The highest BCUT2D eigenvalue weighted by Gasteiger charge is 2.21. The van der Waals surface area contributed by atoms with Gasteiger partial charge < -0.3 is 9.84 Å². The van der Waals surface area contributed by atoms with E-state index in [1.165, 1.54) is 0 Å². The number of aliphatic carboxylic acids is 1. The van der Waals surface area contributed by atoms with Gasteiger partial charge in [0.1, 0.15) is 0 Å². The van der Waals surface area contributed by atoms with Crippen molar-refractivity contribution in [2.45, 2.75) is 25.9 Å². The fourth-order valence-electron chi connectivity index (χ4n) is 1.72. The van der Waals surface area contributed by atoms with Crippen molar-refractivity contribution in [3.8, 4) is 0 Å². The number of rotatable bonds is 4. The molecule has 0 amide bonds. The van der Waals surface area contributed by atoms with Gasteiger partial charge in [0.05, 0.1) is 12.6 Å². The minimum Gasteiger partial charge on any atom is -0.480 e. The molecule has 1 aliphatic rings. The van der Waals surface area contributed by atoms with Crippen molar-refractivity contribution < 1.29 is 14.6 Å². The van der Waals surface area contributed by atoms with Gasteiger partial charge in [-0.3, -0.25) is 9.69 Å². The molecule has 0 aromatic heterocycles. The second-order valence-electron chi connectivity index (χ2n) is 3.35. The van der Waals surface area contributed by atoms with Crippen LogP contribution in [0.15, 0.2) is 0 Å². The minimum atomic E-state index is -0.753. The topological polar surface area (TPSA) is 49.8 Å². The van der Waals surface area contributed by atoms with E-state index >= 15 is 0 Å². The van der Waals surface area contributed by atoms with Crippen LogP contribution in [-0.2, 0) is 9.53 Å². The number of hydrogen-bond donors (Lipinski definition) is 1. The number of nitrogens with zero attached hydrogens (tertiary/aromatic N) is 1. The van der Waals surface area contributed by atoms with Crippen LogP contribution in [0.1, 0.15) is 19.8 Å². The lowest BCUT2D eigenvalue weighted by Gasteiger charge is -2.31. The number of hydrogen-bond acceptors (Lipinski definition) is 3. The SMILES string of the molecule is CCOC1CCCN(CC(=O)O)C1. The molecule has 0 radical (unpaired) electrons. The van der Waals surface area contributed by atoms with Gasteiger partial charge in [-0.2, -0.15) is 0 Å². The molecule has 0 bridgehead atoms. The van der Waals surface area contributed by atoms with E-state index in [0.29, 0.717) is 6.61 Å². The fourth-order valence-corrected chi connectivity index (χ4v) is 1.72. The molecule has 4 heteroatoms. The van der Waals surface area contributed by atoms with Crippen LogP contribution in [0.3, 0.4) is 0 Å². The Bertz CT molecular complexity index is 170. The highest BCUT2D eigenvalue weighted by Crippen LogP contribution is 2.12. The lowest BCUT2D eigenvalue weighted by Crippen LogP contribution is -2.42. The van der Waals surface area contributed by atoms with E-state index in [2.05, 4.69) is 0 Å². The van der Waals surface area contributed by atoms with Crippen LogP contribution in [0, 0.1) is 0 Å². The van der Waals surface area contributed by atoms with Crippen molar-refractivity contribution in [2.24, 2.45) is 0 Å². The summed E-state index contributed by atoms with van der Waals surface area (Å²) >= 11 is 0. The Labute approximate surface area is 78.5 Å². The van der Waals surface area contributed by atoms with Gasteiger partial charge in [0.15, 0.2) is 0 Å². The smallest absolute Gasteiger partial charge is 0.317 e. The molecule has 76 valence electrons. The zero-order valence-electron chi connectivity index (χ0n) is 8.03. The van der Waals surface area contributed by atoms with Gasteiger partial charge in [0, 0.05) is 13.2 Å². The molecule has 1 saturated heterocycles. The zero-order valence-corrected chi connectivity index (χ0v) is 8.03. The number of carbonyl (C=O) groups is 1. The standard InChI is InChI=1S/C9H17NO3/c1-2-13-8-4-3-5-10(6-8)7-9(11)12/h8H,2-7H2,1H3,(H,11,12). The fraction of sp³-hybridized carbons (Fsp3) is 0.889. The zero-order chi connectivity index (χ0) is 9.68. The maximum absolute atomic E-state index is 10.4. The molecule has 1 aliphatic heterocycles. The van der Waals surface area contributed by atoms with Crippen molar-refractivity contribution in [3.05, 3.63) is 0 Å². The van der Waals surface area contributed by atoms with Gasteiger partial charge in [0.25, 0.3) is 0 Å². The van der Waals surface area contributed by atoms with Crippen LogP contribution < -0.4 is 0 Å². The number of carboxylic acid groups (broad SMARTS) is 1. The van der Waals surface area contributed by atoms with E-state index in [4.69, 9.17) is 9.84 Å². The molecule has 13 heavy (non-hydrogen) atoms. The van der Waals surface area contributed by atoms with Crippen LogP contribution in [0.5, 0.6) is 0 Å². The Morgan fingerprint density at radius 3 is 3.08 bits per heavy atom. The van der Waals surface area contributed by atoms with E-state index < -0.39 is 5.97 Å². The van der Waals surface area contributed by atoms with E-state index in [1.54, 1.807) is 0 Å². The largest absolute Gasteiger partial charge is 0.480 e. The minimum absolute atomic E-state index is 0.142. The number of piperidine rings is 1. The van der Waals surface area contributed by atoms with Gasteiger partial charge in [-0.05, 0) is 26.3 Å². The van der Waals surface area contributed by atoms with Gasteiger partial charge in [0.2, 0.25) is 0 Å². The molecule has 1 atom stereocenters. The lowest BCUT2D eigenvalue weighted by atomic mass is 10.1. The van der Waals surface area contributed by atoms with Crippen LogP contribution in [-0.4, -0.2) is 48.3 Å². The molecule has 1 fully saturated rings. The molecular formula is C9H17NO3. The molecule has 1 unspecified atom stereocenters. The number of carboxylic acids is 1. The number of likely N-dealkylation sites (tertiary alicyclic amines) is 1. The van der Waals surface area contributed by atoms with E-state index in [9.17, 15) is 4.79 Å². The normalized spacial score (nSPS) is 24.5. The van der Waals surface area contributed by atoms with Gasteiger partial charge in [-0.1, -0.05) is 0 Å². The number of ether oxygens (including phenoxy) is 1. The molecule has 4 nitrogen and oxygen atoms in total. The molecule has 0 aromatic rings. The molecule has 1 N–H and O–H groups in total. The molecular weight excluding hydrogens is 170 g/mol. The van der Waals surface area contributed by atoms with Crippen LogP contribution >= 0.6 is 0 Å². The first-order chi connectivity index (χ1) is 6.22. The van der Waals surface area contributed by atoms with Crippen molar-refractivity contribution in [1.82, 2.24) is 4.90 Å². The van der Waals surface area contributed by atoms with Crippen molar-refractivity contribution in [2.75, 3.05) is 26.2 Å². The predicted octanol–water partition coefficient (Wildman–Crippen LogP) is 0.572. The quantitative estimate of drug-likeness (QED) is 0.699. The Morgan fingerprint density at radius 2 is 2.46 bits per heavy atom. The third-order valence-electron chi connectivity index (χ3n) is 2.22. The molecule has 0 spiro atoms. The van der Waals surface area contributed by atoms with Gasteiger partial charge in [-0.15, -0.1) is 0 Å². The Morgan fingerprint density at radius 1 is 1.69 bits per heavy atom. The predicted molar refractivity (Wildman–Crippen MR) is 48.7 cm³/mol. The highest BCUT2D eigenvalue weighted by molar-refractivity contribution is 5.69. The third kappa shape index (κ3) is 3.74. The molecule has 1 rings (SSSR count). The average molecular weight is 187 g/mol. The van der Waals surface area contributed by atoms with Crippen LogP contribution in [0.4, 0.5) is 0 Å². The Kier molecular flexibility index (Phi) is 4.18.